The highest BCUT2D eigenvalue weighted by molar-refractivity contribution is 6.04. The molecule has 0 aliphatic heterocycles. The zero-order valence-electron chi connectivity index (χ0n) is 14.7. The van der Waals surface area contributed by atoms with E-state index in [2.05, 4.69) is 0 Å². The van der Waals surface area contributed by atoms with E-state index in [4.69, 9.17) is 18.9 Å². The molecule has 24 heavy (non-hydrogen) atoms. The van der Waals surface area contributed by atoms with Crippen LogP contribution in [0.1, 0.15) is 26.3 Å². The van der Waals surface area contributed by atoms with Crippen molar-refractivity contribution in [3.05, 3.63) is 35.9 Å². The third-order valence-corrected chi connectivity index (χ3v) is 3.47. The molecule has 0 heterocycles. The van der Waals surface area contributed by atoms with Crippen molar-refractivity contribution in [1.29, 1.82) is 0 Å². The van der Waals surface area contributed by atoms with Crippen molar-refractivity contribution in [3.8, 4) is 0 Å². The van der Waals surface area contributed by atoms with E-state index < -0.39 is 17.5 Å². The van der Waals surface area contributed by atoms with Crippen LogP contribution in [-0.2, 0) is 35.0 Å². The normalized spacial score (nSPS) is 12.5. The molecule has 0 N–H and O–H groups in total. The second-order valence-electron chi connectivity index (χ2n) is 5.29. The molecule has 6 nitrogen and oxygen atoms in total. The highest BCUT2D eigenvalue weighted by Crippen LogP contribution is 2.23. The van der Waals surface area contributed by atoms with Gasteiger partial charge in [-0.3, -0.25) is 0 Å². The number of carbonyl (C=O) groups excluding carboxylic acids is 2. The highest BCUT2D eigenvalue weighted by Gasteiger charge is 2.50. The molecular formula is C18H26O6. The Labute approximate surface area is 143 Å². The van der Waals surface area contributed by atoms with Gasteiger partial charge in [0, 0.05) is 13.5 Å². The third kappa shape index (κ3) is 5.32. The van der Waals surface area contributed by atoms with Crippen molar-refractivity contribution in [3.63, 3.8) is 0 Å². The van der Waals surface area contributed by atoms with E-state index in [-0.39, 0.29) is 32.3 Å². The molecule has 0 aromatic heterocycles. The number of methoxy groups -OCH3 is 1. The molecule has 0 saturated carbocycles. The molecule has 0 aliphatic rings. The molecule has 1 aromatic rings. The molecule has 0 spiro atoms. The second-order valence-corrected chi connectivity index (χ2v) is 5.29. The fraction of sp³-hybridized carbons (Fsp3) is 0.556. The van der Waals surface area contributed by atoms with Crippen molar-refractivity contribution in [2.75, 3.05) is 26.9 Å². The van der Waals surface area contributed by atoms with E-state index in [1.165, 1.54) is 7.11 Å². The maximum Gasteiger partial charge on any atom is 0.350 e. The quantitative estimate of drug-likeness (QED) is 0.481. The van der Waals surface area contributed by atoms with Crippen LogP contribution in [0, 0.1) is 0 Å². The number of benzene rings is 1. The number of carbonyl (C=O) groups is 2. The monoisotopic (exact) mass is 338 g/mol. The van der Waals surface area contributed by atoms with Crippen molar-refractivity contribution in [2.24, 2.45) is 0 Å². The lowest BCUT2D eigenvalue weighted by molar-refractivity contribution is -0.194. The number of rotatable bonds is 10. The van der Waals surface area contributed by atoms with Crippen LogP contribution in [0.15, 0.2) is 30.3 Å². The Bertz CT molecular complexity index is 496. The minimum absolute atomic E-state index is 0.0297. The van der Waals surface area contributed by atoms with Crippen molar-refractivity contribution in [2.45, 2.75) is 38.9 Å². The Morgan fingerprint density at radius 3 is 2.04 bits per heavy atom. The summed E-state index contributed by atoms with van der Waals surface area (Å²) in [4.78, 5) is 25.2. The minimum atomic E-state index is -1.85. The molecule has 0 saturated heterocycles. The first-order valence-corrected chi connectivity index (χ1v) is 8.05. The number of esters is 2. The Hall–Kier alpha value is -1.92. The van der Waals surface area contributed by atoms with Crippen LogP contribution < -0.4 is 0 Å². The summed E-state index contributed by atoms with van der Waals surface area (Å²) in [7, 11) is 1.53. The molecular weight excluding hydrogens is 312 g/mol. The van der Waals surface area contributed by atoms with E-state index in [1.54, 1.807) is 20.8 Å². The van der Waals surface area contributed by atoms with Crippen LogP contribution in [-0.4, -0.2) is 50.6 Å². The molecule has 0 unspecified atom stereocenters. The van der Waals surface area contributed by atoms with Crippen molar-refractivity contribution < 1.29 is 28.5 Å². The molecule has 0 radical (unpaired) electrons. The van der Waals surface area contributed by atoms with Crippen LogP contribution >= 0.6 is 0 Å². The molecule has 134 valence electrons. The van der Waals surface area contributed by atoms with Gasteiger partial charge in [-0.1, -0.05) is 30.3 Å². The maximum absolute atomic E-state index is 12.6. The summed E-state index contributed by atoms with van der Waals surface area (Å²) in [5.41, 5.74) is -1.08. The summed E-state index contributed by atoms with van der Waals surface area (Å²) < 4.78 is 21.1. The van der Waals surface area contributed by atoms with E-state index in [9.17, 15) is 9.59 Å². The van der Waals surface area contributed by atoms with Crippen molar-refractivity contribution >= 4 is 11.9 Å². The summed E-state index contributed by atoms with van der Waals surface area (Å²) in [5, 5.41) is 0. The van der Waals surface area contributed by atoms with Gasteiger partial charge >= 0.3 is 11.9 Å². The van der Waals surface area contributed by atoms with Crippen LogP contribution in [0.2, 0.25) is 0 Å². The molecule has 1 aromatic carbocycles. The van der Waals surface area contributed by atoms with Gasteiger partial charge in [0.2, 0.25) is 0 Å². The van der Waals surface area contributed by atoms with Gasteiger partial charge in [-0.15, -0.1) is 0 Å². The molecule has 6 heteroatoms. The van der Waals surface area contributed by atoms with Crippen LogP contribution in [0.3, 0.4) is 0 Å². The zero-order valence-corrected chi connectivity index (χ0v) is 14.7. The molecule has 0 bridgehead atoms. The Kier molecular flexibility index (Phi) is 8.43. The average Bonchev–Trinajstić information content (AvgIpc) is 2.59. The maximum atomic E-state index is 12.6. The van der Waals surface area contributed by atoms with E-state index >= 15 is 0 Å². The summed E-state index contributed by atoms with van der Waals surface area (Å²) >= 11 is 0. The van der Waals surface area contributed by atoms with Gasteiger partial charge in [0.15, 0.2) is 0 Å². The average molecular weight is 338 g/mol. The van der Waals surface area contributed by atoms with E-state index in [0.717, 1.165) is 5.56 Å². The van der Waals surface area contributed by atoms with Gasteiger partial charge in [0.25, 0.3) is 5.60 Å². The van der Waals surface area contributed by atoms with Gasteiger partial charge in [-0.05, 0) is 26.3 Å². The van der Waals surface area contributed by atoms with Crippen LogP contribution in [0.4, 0.5) is 0 Å². The van der Waals surface area contributed by atoms with Gasteiger partial charge in [-0.2, -0.15) is 0 Å². The molecule has 0 fully saturated rings. The topological polar surface area (TPSA) is 71.1 Å². The van der Waals surface area contributed by atoms with Gasteiger partial charge in [0.05, 0.1) is 25.9 Å². The highest BCUT2D eigenvalue weighted by atomic mass is 16.6. The SMILES string of the molecule is CCOC(=O)C(Cc1ccccc1)(OC[C@H](C)OC)C(=O)OCC. The Balaban J connectivity index is 3.19. The second kappa shape index (κ2) is 10.1. The lowest BCUT2D eigenvalue weighted by atomic mass is 9.94. The summed E-state index contributed by atoms with van der Waals surface area (Å²) in [5.74, 6) is -1.51. The fourth-order valence-electron chi connectivity index (χ4n) is 2.10. The molecule has 1 atom stereocenters. The van der Waals surface area contributed by atoms with Crippen molar-refractivity contribution in [1.82, 2.24) is 0 Å². The standard InChI is InChI=1S/C18H26O6/c1-5-22-16(19)18(17(20)23-6-2,24-13-14(3)21-4)12-15-10-8-7-9-11-15/h7-11,14H,5-6,12-13H2,1-4H3/t14-/m0/s1. The first-order valence-electron chi connectivity index (χ1n) is 8.05. The summed E-state index contributed by atoms with van der Waals surface area (Å²) in [6.07, 6.45) is -0.258. The number of ether oxygens (including phenoxy) is 4. The predicted octanol–water partition coefficient (Wildman–Crippen LogP) is 2.15. The molecule has 1 rings (SSSR count). The summed E-state index contributed by atoms with van der Waals surface area (Å²) in [6.45, 7) is 5.46. The van der Waals surface area contributed by atoms with Gasteiger partial charge in [0.1, 0.15) is 0 Å². The van der Waals surface area contributed by atoms with Crippen LogP contribution in [0.25, 0.3) is 0 Å². The largest absolute Gasteiger partial charge is 0.463 e. The Morgan fingerprint density at radius 2 is 1.58 bits per heavy atom. The first-order chi connectivity index (χ1) is 11.5. The first kappa shape index (κ1) is 20.1. The fourth-order valence-corrected chi connectivity index (χ4v) is 2.10. The number of hydrogen-bond acceptors (Lipinski definition) is 6. The van der Waals surface area contributed by atoms with E-state index in [1.807, 2.05) is 30.3 Å². The number of hydrogen-bond donors (Lipinski definition) is 0. The lowest BCUT2D eigenvalue weighted by Gasteiger charge is -2.30. The molecule has 0 amide bonds. The van der Waals surface area contributed by atoms with E-state index in [0.29, 0.717) is 0 Å². The van der Waals surface area contributed by atoms with Gasteiger partial charge < -0.3 is 18.9 Å². The third-order valence-electron chi connectivity index (χ3n) is 3.47. The Morgan fingerprint density at radius 1 is 1.04 bits per heavy atom. The molecule has 0 aliphatic carbocycles. The predicted molar refractivity (Wildman–Crippen MR) is 88.6 cm³/mol. The smallest absolute Gasteiger partial charge is 0.350 e. The van der Waals surface area contributed by atoms with Crippen LogP contribution in [0.5, 0.6) is 0 Å². The lowest BCUT2D eigenvalue weighted by Crippen LogP contribution is -2.54. The zero-order chi connectivity index (χ0) is 18.0. The minimum Gasteiger partial charge on any atom is -0.463 e. The summed E-state index contributed by atoms with van der Waals surface area (Å²) in [6, 6.07) is 9.14. The van der Waals surface area contributed by atoms with Gasteiger partial charge in [-0.25, -0.2) is 9.59 Å².